The number of aliphatic imine (C=N–C) groups is 1. The molecule has 3 aromatic rings. The van der Waals surface area contributed by atoms with Crippen molar-refractivity contribution in [3.8, 4) is 5.69 Å². The zero-order valence-corrected chi connectivity index (χ0v) is 18.8. The van der Waals surface area contributed by atoms with Gasteiger partial charge in [0.05, 0.1) is 17.6 Å². The zero-order valence-electron chi connectivity index (χ0n) is 18.8. The Bertz CT molecular complexity index is 1000. The van der Waals surface area contributed by atoms with E-state index >= 15 is 0 Å². The average molecular weight is 420 g/mol. The van der Waals surface area contributed by atoms with E-state index in [1.54, 1.807) is 0 Å². The molecule has 0 radical (unpaired) electrons. The standard InChI is InChI=1S/C24H33N7/c1-4-25-24(30-14-12-21(17-30)22-15-27-29(3)16-22)26-13-8-9-20-18-31(28-19(20)2)23-10-6-5-7-11-23/h5-7,10-11,15-16,18,21H,4,8-9,12-14,17H2,1-3H3,(H,25,26). The Kier molecular flexibility index (Phi) is 6.70. The van der Waals surface area contributed by atoms with Crippen molar-refractivity contribution in [2.45, 2.75) is 39.0 Å². The molecule has 164 valence electrons. The molecule has 4 rings (SSSR count). The van der Waals surface area contributed by atoms with Crippen molar-refractivity contribution in [1.29, 1.82) is 0 Å². The van der Waals surface area contributed by atoms with Crippen molar-refractivity contribution < 1.29 is 0 Å². The SMILES string of the molecule is CCNC(=NCCCc1cn(-c2ccccc2)nc1C)N1CCC(c2cnn(C)c2)C1. The van der Waals surface area contributed by atoms with Gasteiger partial charge in [0.1, 0.15) is 0 Å². The molecule has 1 fully saturated rings. The van der Waals surface area contributed by atoms with Crippen LogP contribution in [0.25, 0.3) is 5.69 Å². The molecule has 1 N–H and O–H groups in total. The van der Waals surface area contributed by atoms with E-state index in [1.165, 1.54) is 11.1 Å². The first kappa shape index (κ1) is 21.2. The summed E-state index contributed by atoms with van der Waals surface area (Å²) in [6, 6.07) is 10.3. The molecule has 1 atom stereocenters. The highest BCUT2D eigenvalue weighted by Gasteiger charge is 2.26. The van der Waals surface area contributed by atoms with Crippen molar-refractivity contribution in [3.63, 3.8) is 0 Å². The molecule has 0 amide bonds. The summed E-state index contributed by atoms with van der Waals surface area (Å²) in [4.78, 5) is 7.31. The molecule has 31 heavy (non-hydrogen) atoms. The van der Waals surface area contributed by atoms with E-state index in [4.69, 9.17) is 4.99 Å². The van der Waals surface area contributed by atoms with Gasteiger partial charge < -0.3 is 10.2 Å². The third kappa shape index (κ3) is 5.16. The molecule has 7 heteroatoms. The van der Waals surface area contributed by atoms with Crippen LogP contribution in [0.5, 0.6) is 0 Å². The lowest BCUT2D eigenvalue weighted by atomic mass is 10.0. The zero-order chi connectivity index (χ0) is 21.6. The summed E-state index contributed by atoms with van der Waals surface area (Å²) in [5.74, 6) is 1.56. The molecule has 7 nitrogen and oxygen atoms in total. The van der Waals surface area contributed by atoms with Crippen LogP contribution in [0.1, 0.15) is 42.5 Å². The molecule has 1 saturated heterocycles. The summed E-state index contributed by atoms with van der Waals surface area (Å²) in [6.07, 6.45) is 9.43. The molecule has 1 unspecified atom stereocenters. The van der Waals surface area contributed by atoms with Gasteiger partial charge in [-0.3, -0.25) is 9.67 Å². The summed E-state index contributed by atoms with van der Waals surface area (Å²) in [5.41, 5.74) is 4.81. The van der Waals surface area contributed by atoms with E-state index in [0.29, 0.717) is 5.92 Å². The van der Waals surface area contributed by atoms with E-state index in [1.807, 2.05) is 40.8 Å². The number of rotatable bonds is 7. The predicted octanol–water partition coefficient (Wildman–Crippen LogP) is 3.30. The van der Waals surface area contributed by atoms with E-state index in [0.717, 1.165) is 62.8 Å². The number of hydrogen-bond donors (Lipinski definition) is 1. The topological polar surface area (TPSA) is 63.3 Å². The smallest absolute Gasteiger partial charge is 0.193 e. The van der Waals surface area contributed by atoms with Gasteiger partial charge >= 0.3 is 0 Å². The van der Waals surface area contributed by atoms with Crippen molar-refractivity contribution in [2.75, 3.05) is 26.2 Å². The third-order valence-corrected chi connectivity index (χ3v) is 5.91. The molecular formula is C24H33N7. The van der Waals surface area contributed by atoms with Crippen LogP contribution in [0.4, 0.5) is 0 Å². The van der Waals surface area contributed by atoms with Crippen molar-refractivity contribution >= 4 is 5.96 Å². The number of hydrogen-bond acceptors (Lipinski definition) is 3. The molecule has 0 saturated carbocycles. The molecule has 1 aliphatic rings. The fourth-order valence-corrected chi connectivity index (χ4v) is 4.21. The summed E-state index contributed by atoms with van der Waals surface area (Å²) >= 11 is 0. The first-order chi connectivity index (χ1) is 15.1. The van der Waals surface area contributed by atoms with E-state index in [-0.39, 0.29) is 0 Å². The largest absolute Gasteiger partial charge is 0.357 e. The van der Waals surface area contributed by atoms with Crippen LogP contribution in [-0.2, 0) is 13.5 Å². The van der Waals surface area contributed by atoms with Gasteiger partial charge in [-0.2, -0.15) is 10.2 Å². The monoisotopic (exact) mass is 419 g/mol. The van der Waals surface area contributed by atoms with Gasteiger partial charge in [0, 0.05) is 51.5 Å². The lowest BCUT2D eigenvalue weighted by Crippen LogP contribution is -2.40. The second-order valence-corrected chi connectivity index (χ2v) is 8.24. The van der Waals surface area contributed by atoms with Gasteiger partial charge in [-0.25, -0.2) is 4.68 Å². The highest BCUT2D eigenvalue weighted by molar-refractivity contribution is 5.80. The van der Waals surface area contributed by atoms with E-state index in [2.05, 4.69) is 58.8 Å². The summed E-state index contributed by atoms with van der Waals surface area (Å²) < 4.78 is 3.86. The minimum Gasteiger partial charge on any atom is -0.357 e. The molecule has 2 aromatic heterocycles. The fraction of sp³-hybridized carbons (Fsp3) is 0.458. The highest BCUT2D eigenvalue weighted by Crippen LogP contribution is 2.26. The average Bonchev–Trinajstić information content (AvgIpc) is 3.51. The van der Waals surface area contributed by atoms with Gasteiger partial charge in [0.2, 0.25) is 0 Å². The first-order valence-corrected chi connectivity index (χ1v) is 11.3. The number of nitrogens with zero attached hydrogens (tertiary/aromatic N) is 6. The van der Waals surface area contributed by atoms with E-state index in [9.17, 15) is 0 Å². The second-order valence-electron chi connectivity index (χ2n) is 8.24. The molecule has 1 aromatic carbocycles. The van der Waals surface area contributed by atoms with Crippen LogP contribution in [-0.4, -0.2) is 56.6 Å². The van der Waals surface area contributed by atoms with Crippen LogP contribution in [0.2, 0.25) is 0 Å². The molecular weight excluding hydrogens is 386 g/mol. The lowest BCUT2D eigenvalue weighted by Gasteiger charge is -2.21. The van der Waals surface area contributed by atoms with Crippen LogP contribution in [0.15, 0.2) is 53.9 Å². The Labute approximate surface area is 184 Å². The number of aromatic nitrogens is 4. The maximum Gasteiger partial charge on any atom is 0.193 e. The summed E-state index contributed by atoms with van der Waals surface area (Å²) in [7, 11) is 1.98. The van der Waals surface area contributed by atoms with Crippen molar-refractivity contribution in [1.82, 2.24) is 29.8 Å². The number of nitrogens with one attached hydrogen (secondary N) is 1. The van der Waals surface area contributed by atoms with Gasteiger partial charge in [-0.05, 0) is 56.4 Å². The van der Waals surface area contributed by atoms with Crippen LogP contribution in [0, 0.1) is 6.92 Å². The van der Waals surface area contributed by atoms with Crippen LogP contribution < -0.4 is 5.32 Å². The minimum atomic E-state index is 0.532. The molecule has 0 aliphatic carbocycles. The summed E-state index contributed by atoms with van der Waals surface area (Å²) in [6.45, 7) is 7.95. The first-order valence-electron chi connectivity index (χ1n) is 11.3. The van der Waals surface area contributed by atoms with Gasteiger partial charge in [-0.1, -0.05) is 18.2 Å². The Morgan fingerprint density at radius 1 is 1.23 bits per heavy atom. The summed E-state index contributed by atoms with van der Waals surface area (Å²) in [5, 5.41) is 12.5. The van der Waals surface area contributed by atoms with Crippen LogP contribution in [0.3, 0.4) is 0 Å². The normalized spacial score (nSPS) is 16.8. The van der Waals surface area contributed by atoms with Crippen LogP contribution >= 0.6 is 0 Å². The van der Waals surface area contributed by atoms with Gasteiger partial charge in [0.15, 0.2) is 5.96 Å². The third-order valence-electron chi connectivity index (χ3n) is 5.91. The fourth-order valence-electron chi connectivity index (χ4n) is 4.21. The Morgan fingerprint density at radius 2 is 2.06 bits per heavy atom. The van der Waals surface area contributed by atoms with E-state index < -0.39 is 0 Å². The minimum absolute atomic E-state index is 0.532. The molecule has 0 spiro atoms. The van der Waals surface area contributed by atoms with Crippen molar-refractivity contribution in [3.05, 3.63) is 65.7 Å². The Balaban J connectivity index is 1.33. The predicted molar refractivity (Wildman–Crippen MR) is 125 cm³/mol. The lowest BCUT2D eigenvalue weighted by molar-refractivity contribution is 0.485. The molecule has 1 aliphatic heterocycles. The Hall–Kier alpha value is -3.09. The van der Waals surface area contributed by atoms with Crippen molar-refractivity contribution in [2.24, 2.45) is 12.0 Å². The molecule has 3 heterocycles. The maximum absolute atomic E-state index is 4.92. The van der Waals surface area contributed by atoms with Gasteiger partial charge in [0.25, 0.3) is 0 Å². The number of aryl methyl sites for hydroxylation is 3. The number of para-hydroxylation sites is 1. The van der Waals surface area contributed by atoms with Gasteiger partial charge in [-0.15, -0.1) is 0 Å². The second kappa shape index (κ2) is 9.81. The number of guanidine groups is 1. The number of likely N-dealkylation sites (tertiary alicyclic amines) is 1. The Morgan fingerprint density at radius 3 is 2.81 bits per heavy atom. The highest BCUT2D eigenvalue weighted by atomic mass is 15.3. The quantitative estimate of drug-likeness (QED) is 0.363. The number of benzene rings is 1. The molecule has 0 bridgehead atoms. The maximum atomic E-state index is 4.92.